The van der Waals surface area contributed by atoms with E-state index in [0.717, 1.165) is 30.8 Å². The smallest absolute Gasteiger partial charge is 0.256 e. The Kier molecular flexibility index (Phi) is 9.19. The van der Waals surface area contributed by atoms with Gasteiger partial charge in [-0.3, -0.25) is 14.6 Å². The first kappa shape index (κ1) is 25.7. The van der Waals surface area contributed by atoms with Gasteiger partial charge in [0, 0.05) is 29.3 Å². The summed E-state index contributed by atoms with van der Waals surface area (Å²) in [5, 5.41) is 5.61. The summed E-state index contributed by atoms with van der Waals surface area (Å²) in [5.41, 5.74) is 3.04. The summed E-state index contributed by atoms with van der Waals surface area (Å²) in [4.78, 5) is 24.6. The van der Waals surface area contributed by atoms with Crippen LogP contribution < -0.4 is 20.8 Å². The molecule has 0 aromatic heterocycles. The van der Waals surface area contributed by atoms with Crippen LogP contribution in [0.5, 0.6) is 0 Å². The third kappa shape index (κ3) is 6.78. The second kappa shape index (κ2) is 11.5. The van der Waals surface area contributed by atoms with Gasteiger partial charge in [0.1, 0.15) is 11.9 Å². The largest absolute Gasteiger partial charge is 0.324 e. The fourth-order valence-corrected chi connectivity index (χ4v) is 5.98. The van der Waals surface area contributed by atoms with Crippen LogP contribution in [0.4, 0.5) is 5.69 Å². The number of sulfonamides is 1. The Morgan fingerprint density at radius 3 is 2.78 bits per heavy atom. The summed E-state index contributed by atoms with van der Waals surface area (Å²) >= 11 is 15.2. The van der Waals surface area contributed by atoms with Crippen molar-refractivity contribution in [3.63, 3.8) is 0 Å². The molecule has 2 heterocycles. The van der Waals surface area contributed by atoms with Gasteiger partial charge in [0.15, 0.2) is 0 Å². The predicted octanol–water partition coefficient (Wildman–Crippen LogP) is 1.76. The average molecular weight is 571 g/mol. The van der Waals surface area contributed by atoms with Gasteiger partial charge in [0.05, 0.1) is 10.3 Å². The van der Waals surface area contributed by atoms with Crippen LogP contribution >= 0.6 is 39.1 Å². The number of carbonyl (C=O) groups excluding carboxylic acids is 2. The lowest BCUT2D eigenvalue weighted by atomic mass is 10.0. The first-order valence-corrected chi connectivity index (χ1v) is 13.5. The van der Waals surface area contributed by atoms with Crippen LogP contribution in [0.25, 0.3) is 0 Å². The molecule has 0 radical (unpaired) electrons. The summed E-state index contributed by atoms with van der Waals surface area (Å²) < 4.78 is 28.6. The van der Waals surface area contributed by atoms with Crippen LogP contribution in [-0.4, -0.2) is 68.2 Å². The molecule has 0 aliphatic carbocycles. The van der Waals surface area contributed by atoms with E-state index in [4.69, 9.17) is 23.2 Å². The number of halogens is 3. The second-order valence-electron chi connectivity index (χ2n) is 7.73. The lowest BCUT2D eigenvalue weighted by Crippen LogP contribution is -2.58. The van der Waals surface area contributed by atoms with Gasteiger partial charge >= 0.3 is 0 Å². The van der Waals surface area contributed by atoms with Crippen LogP contribution in [-0.2, 0) is 19.6 Å². The van der Waals surface area contributed by atoms with Crippen molar-refractivity contribution in [3.8, 4) is 0 Å². The zero-order chi connectivity index (χ0) is 23.3. The van der Waals surface area contributed by atoms with Crippen molar-refractivity contribution >= 4 is 66.7 Å². The molecule has 0 bridgehead atoms. The van der Waals surface area contributed by atoms with E-state index in [1.165, 1.54) is 6.07 Å². The molecule has 3 unspecified atom stereocenters. The average Bonchev–Trinajstić information content (AvgIpc) is 2.76. The van der Waals surface area contributed by atoms with E-state index in [1.54, 1.807) is 12.1 Å². The molecule has 2 aliphatic heterocycles. The van der Waals surface area contributed by atoms with E-state index in [2.05, 4.69) is 36.7 Å². The van der Waals surface area contributed by atoms with Crippen molar-refractivity contribution in [2.45, 2.75) is 47.4 Å². The van der Waals surface area contributed by atoms with Gasteiger partial charge in [0.2, 0.25) is 15.9 Å². The standard InChI is InChI=1S/C19H26BrCl2N5O4S/c20-14-5-4-13(26-17(28)11-27-19(29)18(22)15(21)10-24-27)9-16(14)32(30,31)25-8-6-12-3-1-2-7-23-12/h4-5,9,12,15,18,23-25H,1-3,6-8,10-11H2,(H,26,28). The highest BCUT2D eigenvalue weighted by atomic mass is 79.9. The van der Waals surface area contributed by atoms with Gasteiger partial charge in [0.25, 0.3) is 5.91 Å². The lowest BCUT2D eigenvalue weighted by molar-refractivity contribution is -0.139. The summed E-state index contributed by atoms with van der Waals surface area (Å²) in [6, 6.07) is 4.79. The highest BCUT2D eigenvalue weighted by molar-refractivity contribution is 9.10. The number of hydrogen-bond acceptors (Lipinski definition) is 6. The minimum absolute atomic E-state index is 0.0184. The van der Waals surface area contributed by atoms with Crippen LogP contribution in [0.3, 0.4) is 0 Å². The number of hydrogen-bond donors (Lipinski definition) is 4. The molecule has 1 aromatic carbocycles. The molecular formula is C19H26BrCl2N5O4S. The van der Waals surface area contributed by atoms with Gasteiger partial charge in [-0.1, -0.05) is 6.42 Å². The number of carbonyl (C=O) groups is 2. The van der Waals surface area contributed by atoms with E-state index in [-0.39, 0.29) is 23.7 Å². The number of alkyl halides is 2. The Bertz CT molecular complexity index is 946. The fraction of sp³-hybridized carbons (Fsp3) is 0.579. The highest BCUT2D eigenvalue weighted by Gasteiger charge is 2.34. The maximum Gasteiger partial charge on any atom is 0.256 e. The number of amides is 2. The summed E-state index contributed by atoms with van der Waals surface area (Å²) in [6.07, 6.45) is 4.04. The summed E-state index contributed by atoms with van der Waals surface area (Å²) in [6.45, 7) is 1.22. The third-order valence-corrected chi connectivity index (χ3v) is 8.78. The van der Waals surface area contributed by atoms with E-state index >= 15 is 0 Å². The Balaban J connectivity index is 1.59. The van der Waals surface area contributed by atoms with Crippen LogP contribution in [0.15, 0.2) is 27.6 Å². The molecular weight excluding hydrogens is 545 g/mol. The first-order chi connectivity index (χ1) is 15.2. The molecule has 2 saturated heterocycles. The van der Waals surface area contributed by atoms with Gasteiger partial charge in [-0.15, -0.1) is 23.2 Å². The molecule has 0 spiro atoms. The number of hydrazine groups is 1. The molecule has 4 N–H and O–H groups in total. The normalized spacial score (nSPS) is 24.4. The number of nitrogens with zero attached hydrogens (tertiary/aromatic N) is 1. The molecule has 178 valence electrons. The fourth-order valence-electron chi connectivity index (χ4n) is 3.56. The molecule has 0 saturated carbocycles. The number of anilines is 1. The van der Waals surface area contributed by atoms with Crippen molar-refractivity contribution in [2.24, 2.45) is 0 Å². The van der Waals surface area contributed by atoms with Crippen molar-refractivity contribution in [2.75, 3.05) is 31.5 Å². The monoisotopic (exact) mass is 569 g/mol. The second-order valence-corrected chi connectivity index (χ2v) is 11.4. The molecule has 3 rings (SSSR count). The van der Waals surface area contributed by atoms with E-state index in [0.29, 0.717) is 23.5 Å². The number of benzene rings is 1. The minimum atomic E-state index is -3.78. The quantitative estimate of drug-likeness (QED) is 0.354. The third-order valence-electron chi connectivity index (χ3n) is 5.30. The maximum absolute atomic E-state index is 12.8. The highest BCUT2D eigenvalue weighted by Crippen LogP contribution is 2.26. The van der Waals surface area contributed by atoms with Gasteiger partial charge in [-0.25, -0.2) is 18.6 Å². The molecule has 2 fully saturated rings. The van der Waals surface area contributed by atoms with Crippen LogP contribution in [0, 0.1) is 0 Å². The summed E-state index contributed by atoms with van der Waals surface area (Å²) in [7, 11) is -3.78. The Morgan fingerprint density at radius 1 is 1.28 bits per heavy atom. The minimum Gasteiger partial charge on any atom is -0.324 e. The number of rotatable bonds is 8. The topological polar surface area (TPSA) is 120 Å². The molecule has 2 aliphatic rings. The molecule has 13 heteroatoms. The predicted molar refractivity (Wildman–Crippen MR) is 127 cm³/mol. The zero-order valence-corrected chi connectivity index (χ0v) is 21.2. The molecule has 32 heavy (non-hydrogen) atoms. The van der Waals surface area contributed by atoms with Crippen molar-refractivity contribution in [1.29, 1.82) is 0 Å². The van der Waals surface area contributed by atoms with Gasteiger partial charge < -0.3 is 10.6 Å². The Hall–Kier alpha value is -0.950. The lowest BCUT2D eigenvalue weighted by Gasteiger charge is -2.32. The van der Waals surface area contributed by atoms with Crippen molar-refractivity contribution in [3.05, 3.63) is 22.7 Å². The Labute approximate surface area is 206 Å². The molecule has 9 nitrogen and oxygen atoms in total. The van der Waals surface area contributed by atoms with Crippen molar-refractivity contribution in [1.82, 2.24) is 20.5 Å². The zero-order valence-electron chi connectivity index (χ0n) is 17.2. The van der Waals surface area contributed by atoms with Gasteiger partial charge in [-0.05, 0) is 59.9 Å². The number of piperidine rings is 1. The molecule has 2 amide bonds. The SMILES string of the molecule is O=C(CN1NCC(Cl)C(Cl)C1=O)Nc1ccc(Br)c(S(=O)(=O)NCCC2CCCCN2)c1. The molecule has 1 aromatic rings. The number of nitrogens with one attached hydrogen (secondary N) is 4. The van der Waals surface area contributed by atoms with Crippen LogP contribution in [0.1, 0.15) is 25.7 Å². The Morgan fingerprint density at radius 2 is 2.06 bits per heavy atom. The maximum atomic E-state index is 12.8. The molecule has 3 atom stereocenters. The first-order valence-electron chi connectivity index (χ1n) is 10.3. The van der Waals surface area contributed by atoms with E-state index in [9.17, 15) is 18.0 Å². The van der Waals surface area contributed by atoms with Crippen LogP contribution in [0.2, 0.25) is 0 Å². The van der Waals surface area contributed by atoms with Gasteiger partial charge in [-0.2, -0.15) is 0 Å². The van der Waals surface area contributed by atoms with E-state index in [1.807, 2.05) is 0 Å². The summed E-state index contributed by atoms with van der Waals surface area (Å²) in [5.74, 6) is -1.01. The van der Waals surface area contributed by atoms with E-state index < -0.39 is 32.6 Å². The van der Waals surface area contributed by atoms with Crippen molar-refractivity contribution < 1.29 is 18.0 Å².